The number of amides is 1. The Bertz CT molecular complexity index is 393. The molecule has 0 aromatic rings. The van der Waals surface area contributed by atoms with Gasteiger partial charge in [0.2, 0.25) is 5.91 Å². The molecule has 5 nitrogen and oxygen atoms in total. The van der Waals surface area contributed by atoms with Crippen molar-refractivity contribution < 1.29 is 14.3 Å². The second-order valence-corrected chi connectivity index (χ2v) is 8.68. The molecular formula is C16H28N2O3S. The molecule has 1 spiro atoms. The van der Waals surface area contributed by atoms with Crippen LogP contribution in [0.4, 0.5) is 0 Å². The first-order valence-corrected chi connectivity index (χ1v) is 9.31. The minimum Gasteiger partial charge on any atom is -0.381 e. The summed E-state index contributed by atoms with van der Waals surface area (Å²) in [6.07, 6.45) is 3.75. The van der Waals surface area contributed by atoms with Gasteiger partial charge in [0.05, 0.1) is 17.4 Å². The fraction of sp³-hybridized carbons (Fsp3) is 0.938. The largest absolute Gasteiger partial charge is 0.381 e. The zero-order valence-corrected chi connectivity index (χ0v) is 14.6. The average Bonchev–Trinajstić information content (AvgIpc) is 2.88. The van der Waals surface area contributed by atoms with E-state index in [-0.39, 0.29) is 10.7 Å². The highest BCUT2D eigenvalue weighted by Crippen LogP contribution is 2.46. The lowest BCUT2D eigenvalue weighted by Gasteiger charge is -2.47. The molecule has 22 heavy (non-hydrogen) atoms. The fourth-order valence-electron chi connectivity index (χ4n) is 3.51. The van der Waals surface area contributed by atoms with E-state index in [1.165, 1.54) is 0 Å². The lowest BCUT2D eigenvalue weighted by atomic mass is 9.92. The van der Waals surface area contributed by atoms with Gasteiger partial charge in [-0.1, -0.05) is 0 Å². The van der Waals surface area contributed by atoms with E-state index in [1.54, 1.807) is 0 Å². The Hall–Kier alpha value is -0.300. The van der Waals surface area contributed by atoms with Gasteiger partial charge in [0.15, 0.2) is 0 Å². The van der Waals surface area contributed by atoms with Crippen LogP contribution in [0.3, 0.4) is 0 Å². The third kappa shape index (κ3) is 3.96. The summed E-state index contributed by atoms with van der Waals surface area (Å²) < 4.78 is 11.8. The Balaban J connectivity index is 1.37. The standard InChI is InChI=1S/C16H28N2O3S/c1-17(2)8-15(19)18-11-16(12-18)7-14(10-22-16)21-9-13-3-5-20-6-4-13/h13-14H,3-12H2,1-2H3/t14-/m1/s1. The number of nitrogens with zero attached hydrogens (tertiary/aromatic N) is 2. The number of carbonyl (C=O) groups excluding carboxylic acids is 1. The van der Waals surface area contributed by atoms with Crippen molar-refractivity contribution in [2.45, 2.75) is 30.1 Å². The van der Waals surface area contributed by atoms with Crippen LogP contribution in [0, 0.1) is 5.92 Å². The van der Waals surface area contributed by atoms with Crippen LogP contribution in [0.15, 0.2) is 0 Å². The maximum Gasteiger partial charge on any atom is 0.236 e. The van der Waals surface area contributed by atoms with Crippen LogP contribution in [-0.4, -0.2) is 85.9 Å². The lowest BCUT2D eigenvalue weighted by Crippen LogP contribution is -2.62. The Morgan fingerprint density at radius 1 is 1.36 bits per heavy atom. The molecule has 1 atom stereocenters. The molecule has 3 aliphatic rings. The Labute approximate surface area is 137 Å². The van der Waals surface area contributed by atoms with Crippen molar-refractivity contribution in [1.29, 1.82) is 0 Å². The van der Waals surface area contributed by atoms with Crippen molar-refractivity contribution in [3.05, 3.63) is 0 Å². The highest BCUT2D eigenvalue weighted by Gasteiger charge is 2.50. The van der Waals surface area contributed by atoms with E-state index in [9.17, 15) is 4.79 Å². The summed E-state index contributed by atoms with van der Waals surface area (Å²) >= 11 is 2.01. The number of hydrogen-bond acceptors (Lipinski definition) is 5. The highest BCUT2D eigenvalue weighted by atomic mass is 32.2. The molecule has 0 aromatic heterocycles. The molecule has 6 heteroatoms. The highest BCUT2D eigenvalue weighted by molar-refractivity contribution is 8.01. The molecule has 0 radical (unpaired) electrons. The normalized spacial score (nSPS) is 28.3. The molecular weight excluding hydrogens is 300 g/mol. The smallest absolute Gasteiger partial charge is 0.236 e. The maximum atomic E-state index is 12.0. The van der Waals surface area contributed by atoms with Crippen LogP contribution in [0.2, 0.25) is 0 Å². The van der Waals surface area contributed by atoms with Gasteiger partial charge in [-0.25, -0.2) is 0 Å². The van der Waals surface area contributed by atoms with Crippen LogP contribution >= 0.6 is 11.8 Å². The molecule has 3 fully saturated rings. The Morgan fingerprint density at radius 3 is 2.77 bits per heavy atom. The lowest BCUT2D eigenvalue weighted by molar-refractivity contribution is -0.137. The van der Waals surface area contributed by atoms with Crippen molar-refractivity contribution >= 4 is 17.7 Å². The van der Waals surface area contributed by atoms with Crippen molar-refractivity contribution in [2.24, 2.45) is 5.92 Å². The quantitative estimate of drug-likeness (QED) is 0.755. The van der Waals surface area contributed by atoms with E-state index in [0.717, 1.165) is 57.9 Å². The van der Waals surface area contributed by atoms with Crippen molar-refractivity contribution in [3.63, 3.8) is 0 Å². The van der Waals surface area contributed by atoms with E-state index in [1.807, 2.05) is 35.7 Å². The van der Waals surface area contributed by atoms with Crippen molar-refractivity contribution in [3.8, 4) is 0 Å². The van der Waals surface area contributed by atoms with Gasteiger partial charge in [0, 0.05) is 38.7 Å². The van der Waals surface area contributed by atoms with E-state index in [2.05, 4.69) is 0 Å². The van der Waals surface area contributed by atoms with Crippen LogP contribution in [-0.2, 0) is 14.3 Å². The number of hydrogen-bond donors (Lipinski definition) is 0. The second-order valence-electron chi connectivity index (χ2n) is 7.20. The number of carbonyl (C=O) groups is 1. The molecule has 3 saturated heterocycles. The van der Waals surface area contributed by atoms with E-state index in [4.69, 9.17) is 9.47 Å². The van der Waals surface area contributed by atoms with Crippen LogP contribution in [0.5, 0.6) is 0 Å². The summed E-state index contributed by atoms with van der Waals surface area (Å²) in [4.78, 5) is 16.0. The Morgan fingerprint density at radius 2 is 2.09 bits per heavy atom. The minimum absolute atomic E-state index is 0.253. The van der Waals surface area contributed by atoms with Gasteiger partial charge in [-0.3, -0.25) is 4.79 Å². The van der Waals surface area contributed by atoms with E-state index >= 15 is 0 Å². The van der Waals surface area contributed by atoms with Crippen molar-refractivity contribution in [1.82, 2.24) is 9.80 Å². The summed E-state index contributed by atoms with van der Waals surface area (Å²) in [6, 6.07) is 0. The van der Waals surface area contributed by atoms with Crippen LogP contribution in [0.25, 0.3) is 0 Å². The topological polar surface area (TPSA) is 42.0 Å². The molecule has 0 saturated carbocycles. The summed E-state index contributed by atoms with van der Waals surface area (Å²) in [5.74, 6) is 2.01. The third-order valence-electron chi connectivity index (χ3n) is 4.85. The number of likely N-dealkylation sites (N-methyl/N-ethyl adjacent to an activating group) is 1. The average molecular weight is 328 g/mol. The van der Waals surface area contributed by atoms with Crippen LogP contribution in [0.1, 0.15) is 19.3 Å². The first-order chi connectivity index (χ1) is 10.6. The number of ether oxygens (including phenoxy) is 2. The maximum absolute atomic E-state index is 12.0. The van der Waals surface area contributed by atoms with Gasteiger partial charge in [-0.05, 0) is 39.3 Å². The first-order valence-electron chi connectivity index (χ1n) is 8.32. The molecule has 0 unspecified atom stereocenters. The molecule has 0 N–H and O–H groups in total. The molecule has 3 heterocycles. The summed E-state index contributed by atoms with van der Waals surface area (Å²) in [6.45, 7) is 4.99. The fourth-order valence-corrected chi connectivity index (χ4v) is 5.06. The molecule has 0 bridgehead atoms. The summed E-state index contributed by atoms with van der Waals surface area (Å²) in [7, 11) is 3.88. The first kappa shape index (κ1) is 16.6. The number of thioether (sulfide) groups is 1. The molecule has 3 aliphatic heterocycles. The summed E-state index contributed by atoms with van der Waals surface area (Å²) in [5.41, 5.74) is 0. The summed E-state index contributed by atoms with van der Waals surface area (Å²) in [5, 5.41) is 0. The zero-order valence-electron chi connectivity index (χ0n) is 13.8. The van der Waals surface area contributed by atoms with E-state index in [0.29, 0.717) is 18.6 Å². The number of likely N-dealkylation sites (tertiary alicyclic amines) is 1. The number of rotatable bonds is 5. The predicted molar refractivity (Wildman–Crippen MR) is 88.2 cm³/mol. The molecule has 0 aliphatic carbocycles. The van der Waals surface area contributed by atoms with Crippen LogP contribution < -0.4 is 0 Å². The van der Waals surface area contributed by atoms with Gasteiger partial charge in [0.1, 0.15) is 0 Å². The van der Waals surface area contributed by atoms with Crippen molar-refractivity contribution in [2.75, 3.05) is 59.3 Å². The predicted octanol–water partition coefficient (Wildman–Crippen LogP) is 1.08. The molecule has 0 aromatic carbocycles. The Kier molecular flexibility index (Phi) is 5.32. The molecule has 126 valence electrons. The van der Waals surface area contributed by atoms with Gasteiger partial charge >= 0.3 is 0 Å². The zero-order chi connectivity index (χ0) is 15.6. The molecule has 1 amide bonds. The van der Waals surface area contributed by atoms with Gasteiger partial charge < -0.3 is 19.3 Å². The van der Waals surface area contributed by atoms with Gasteiger partial charge in [-0.2, -0.15) is 0 Å². The van der Waals surface area contributed by atoms with Gasteiger partial charge in [0.25, 0.3) is 0 Å². The monoisotopic (exact) mass is 328 g/mol. The SMILES string of the molecule is CN(C)CC(=O)N1CC2(C[C@@H](OCC3CCOCC3)CS2)C1. The second kappa shape index (κ2) is 7.07. The van der Waals surface area contributed by atoms with E-state index < -0.39 is 0 Å². The minimum atomic E-state index is 0.253. The third-order valence-corrected chi connectivity index (χ3v) is 6.42. The van der Waals surface area contributed by atoms with Gasteiger partial charge in [-0.15, -0.1) is 11.8 Å². The molecule has 3 rings (SSSR count).